The van der Waals surface area contributed by atoms with Gasteiger partial charge in [0, 0.05) is 15.1 Å². The summed E-state index contributed by atoms with van der Waals surface area (Å²) in [6, 6.07) is 9.77. The van der Waals surface area contributed by atoms with Crippen LogP contribution < -0.4 is 5.73 Å². The standard InChI is InChI=1S/C27H25IN2O7/c1-30(2)21-16-10-12-9-15-14(11-3-5-13(28)6-4-11)7-8-17(31)19(15)22(32)18(12)24(34)27(16,37)25(35)20(23(21)33)26(29)36/h3-8,12,16,21,31-32,35,37H,9-10H2,1-2H3,(H2,29,36)/t12-,16-,21-,27-/m0/s1. The lowest BCUT2D eigenvalue weighted by atomic mass is 9.57. The zero-order chi connectivity index (χ0) is 27.0. The van der Waals surface area contributed by atoms with Gasteiger partial charge < -0.3 is 26.2 Å². The number of phenolic OH excluding ortho intramolecular Hbond substituents is 1. The van der Waals surface area contributed by atoms with Crippen molar-refractivity contribution >= 4 is 45.8 Å². The summed E-state index contributed by atoms with van der Waals surface area (Å²) in [5.74, 6) is -6.62. The number of nitrogens with two attached hydrogens (primary N) is 1. The molecule has 0 heterocycles. The van der Waals surface area contributed by atoms with Gasteiger partial charge in [-0.3, -0.25) is 19.3 Å². The molecule has 0 aliphatic heterocycles. The lowest BCUT2D eigenvalue weighted by Gasteiger charge is -2.50. The van der Waals surface area contributed by atoms with Gasteiger partial charge in [-0.1, -0.05) is 18.2 Å². The molecule has 4 atom stereocenters. The number of phenols is 1. The zero-order valence-electron chi connectivity index (χ0n) is 20.0. The van der Waals surface area contributed by atoms with Gasteiger partial charge in [0.15, 0.2) is 11.4 Å². The molecule has 3 aliphatic rings. The minimum atomic E-state index is -2.64. The van der Waals surface area contributed by atoms with Crippen molar-refractivity contribution in [3.63, 3.8) is 0 Å². The van der Waals surface area contributed by atoms with Gasteiger partial charge in [-0.05, 0) is 90.3 Å². The number of ketones is 2. The molecule has 1 fully saturated rings. The molecule has 37 heavy (non-hydrogen) atoms. The minimum Gasteiger partial charge on any atom is -0.508 e. The monoisotopic (exact) mass is 616 g/mol. The Balaban J connectivity index is 1.74. The molecule has 0 unspecified atom stereocenters. The summed E-state index contributed by atoms with van der Waals surface area (Å²) < 4.78 is 1.04. The summed E-state index contributed by atoms with van der Waals surface area (Å²) in [5, 5.41) is 44.6. The smallest absolute Gasteiger partial charge is 0.255 e. The highest BCUT2D eigenvalue weighted by atomic mass is 127. The van der Waals surface area contributed by atoms with Crippen LogP contribution in [0.4, 0.5) is 0 Å². The second kappa shape index (κ2) is 8.67. The fourth-order valence-corrected chi connectivity index (χ4v) is 6.50. The average Bonchev–Trinajstić information content (AvgIpc) is 2.82. The molecule has 1 saturated carbocycles. The van der Waals surface area contributed by atoms with Crippen LogP contribution in [0.5, 0.6) is 5.75 Å². The molecule has 0 aromatic heterocycles. The highest BCUT2D eigenvalue weighted by molar-refractivity contribution is 14.1. The fraction of sp³-hybridized carbons (Fsp3) is 0.296. The summed E-state index contributed by atoms with van der Waals surface area (Å²) in [7, 11) is 3.14. The third-order valence-electron chi connectivity index (χ3n) is 7.76. The Kier molecular flexibility index (Phi) is 5.96. The van der Waals surface area contributed by atoms with Crippen molar-refractivity contribution in [3.8, 4) is 16.9 Å². The van der Waals surface area contributed by atoms with E-state index >= 15 is 0 Å². The first-order chi connectivity index (χ1) is 17.4. The van der Waals surface area contributed by atoms with E-state index in [4.69, 9.17) is 5.73 Å². The maximum absolute atomic E-state index is 13.9. The molecule has 6 N–H and O–H groups in total. The molecule has 0 saturated heterocycles. The van der Waals surface area contributed by atoms with Crippen LogP contribution in [0.1, 0.15) is 17.5 Å². The number of likely N-dealkylation sites (N-methyl/N-ethyl adjacent to an activating group) is 1. The van der Waals surface area contributed by atoms with E-state index in [9.17, 15) is 34.8 Å². The van der Waals surface area contributed by atoms with Gasteiger partial charge in [-0.25, -0.2) is 0 Å². The Morgan fingerprint density at radius 1 is 1.08 bits per heavy atom. The summed E-state index contributed by atoms with van der Waals surface area (Å²) in [5.41, 5.74) is 4.04. The first-order valence-electron chi connectivity index (χ1n) is 11.6. The summed E-state index contributed by atoms with van der Waals surface area (Å²) >= 11 is 2.20. The number of carbonyl (C=O) groups excluding carboxylic acids is 3. The van der Waals surface area contributed by atoms with E-state index in [0.717, 1.165) is 14.7 Å². The number of carbonyl (C=O) groups is 3. The maximum atomic E-state index is 13.9. The number of aliphatic hydroxyl groups excluding tert-OH is 2. The molecule has 0 radical (unpaired) electrons. The largest absolute Gasteiger partial charge is 0.508 e. The molecule has 9 nitrogen and oxygen atoms in total. The van der Waals surface area contributed by atoms with E-state index in [-0.39, 0.29) is 29.7 Å². The van der Waals surface area contributed by atoms with Gasteiger partial charge >= 0.3 is 0 Å². The molecule has 192 valence electrons. The van der Waals surface area contributed by atoms with Crippen molar-refractivity contribution in [1.82, 2.24) is 4.90 Å². The second-order valence-electron chi connectivity index (χ2n) is 9.95. The number of amides is 1. The van der Waals surface area contributed by atoms with E-state index in [1.807, 2.05) is 24.3 Å². The van der Waals surface area contributed by atoms with Crippen molar-refractivity contribution < 1.29 is 34.8 Å². The van der Waals surface area contributed by atoms with Crippen molar-refractivity contribution in [3.05, 3.63) is 68.0 Å². The maximum Gasteiger partial charge on any atom is 0.255 e. The quantitative estimate of drug-likeness (QED) is 0.259. The van der Waals surface area contributed by atoms with Crippen LogP contribution in [0.2, 0.25) is 0 Å². The molecule has 1 amide bonds. The first kappa shape index (κ1) is 25.4. The highest BCUT2D eigenvalue weighted by Crippen LogP contribution is 2.53. The summed E-state index contributed by atoms with van der Waals surface area (Å²) in [4.78, 5) is 40.6. The molecule has 10 heteroatoms. The van der Waals surface area contributed by atoms with Gasteiger partial charge in [0.2, 0.25) is 5.78 Å². The Morgan fingerprint density at radius 3 is 2.32 bits per heavy atom. The van der Waals surface area contributed by atoms with Crippen molar-refractivity contribution in [2.24, 2.45) is 17.6 Å². The number of aliphatic hydroxyl groups is 3. The van der Waals surface area contributed by atoms with Crippen LogP contribution in [-0.2, 0) is 20.8 Å². The molecule has 0 bridgehead atoms. The Morgan fingerprint density at radius 2 is 1.73 bits per heavy atom. The number of aromatic hydroxyl groups is 1. The first-order valence-corrected chi connectivity index (χ1v) is 12.7. The predicted octanol–water partition coefficient (Wildman–Crippen LogP) is 2.24. The molecule has 2 aromatic carbocycles. The Hall–Kier alpha value is -3.22. The van der Waals surface area contributed by atoms with Gasteiger partial charge in [0.05, 0.1) is 11.6 Å². The third-order valence-corrected chi connectivity index (χ3v) is 8.48. The molecular formula is C27H25IN2O7. The molecule has 2 aromatic rings. The number of hydrogen-bond acceptors (Lipinski definition) is 8. The van der Waals surface area contributed by atoms with Crippen molar-refractivity contribution in [1.29, 1.82) is 0 Å². The number of benzene rings is 2. The van der Waals surface area contributed by atoms with Gasteiger partial charge in [-0.2, -0.15) is 0 Å². The summed E-state index contributed by atoms with van der Waals surface area (Å²) in [6.45, 7) is 0. The Bertz CT molecular complexity index is 1440. The lowest BCUT2D eigenvalue weighted by Crippen LogP contribution is -2.65. The van der Waals surface area contributed by atoms with E-state index in [1.165, 1.54) is 11.0 Å². The van der Waals surface area contributed by atoms with Crippen molar-refractivity contribution in [2.75, 3.05) is 14.1 Å². The van der Waals surface area contributed by atoms with Crippen LogP contribution in [0.15, 0.2) is 53.3 Å². The lowest BCUT2D eigenvalue weighted by molar-refractivity contribution is -0.153. The summed E-state index contributed by atoms with van der Waals surface area (Å²) in [6.07, 6.45) is 0.289. The van der Waals surface area contributed by atoms with Crippen molar-refractivity contribution in [2.45, 2.75) is 24.5 Å². The van der Waals surface area contributed by atoms with E-state index in [2.05, 4.69) is 22.6 Å². The number of primary amides is 1. The number of nitrogens with zero attached hydrogens (tertiary/aromatic N) is 1. The zero-order valence-corrected chi connectivity index (χ0v) is 22.2. The second-order valence-corrected chi connectivity index (χ2v) is 11.2. The number of hydrogen-bond donors (Lipinski definition) is 5. The molecule has 5 rings (SSSR count). The van der Waals surface area contributed by atoms with E-state index in [1.54, 1.807) is 20.2 Å². The normalized spacial score (nSPS) is 27.2. The predicted molar refractivity (Wildman–Crippen MR) is 142 cm³/mol. The fourth-order valence-electron chi connectivity index (χ4n) is 6.14. The molecule has 3 aliphatic carbocycles. The Labute approximate surface area is 226 Å². The van der Waals surface area contributed by atoms with Gasteiger partial charge in [0.1, 0.15) is 22.8 Å². The van der Waals surface area contributed by atoms with Crippen LogP contribution in [-0.4, -0.2) is 68.5 Å². The van der Waals surface area contributed by atoms with Gasteiger partial charge in [0.25, 0.3) is 5.91 Å². The van der Waals surface area contributed by atoms with Crippen LogP contribution >= 0.6 is 22.6 Å². The number of fused-ring (bicyclic) bond motifs is 3. The molecular weight excluding hydrogens is 591 g/mol. The highest BCUT2D eigenvalue weighted by Gasteiger charge is 2.64. The number of rotatable bonds is 3. The van der Waals surface area contributed by atoms with Crippen LogP contribution in [0.3, 0.4) is 0 Å². The topological polar surface area (TPSA) is 161 Å². The number of halogens is 1. The average molecular weight is 616 g/mol. The van der Waals surface area contributed by atoms with E-state index < -0.39 is 58.0 Å². The van der Waals surface area contributed by atoms with Gasteiger partial charge in [-0.15, -0.1) is 0 Å². The van der Waals surface area contributed by atoms with Crippen LogP contribution in [0.25, 0.3) is 16.9 Å². The minimum absolute atomic E-state index is 0.0492. The van der Waals surface area contributed by atoms with Crippen LogP contribution in [0, 0.1) is 15.4 Å². The molecule has 0 spiro atoms. The SMILES string of the molecule is CN(C)[C@@H]1C(=O)C(C(N)=O)=C(O)[C@@]2(O)C(=O)C3=C(O)c4c(O)ccc(-c5ccc(I)cc5)c4C[C@H]3C[C@@H]12. The third kappa shape index (κ3) is 3.53. The number of Topliss-reactive ketones (excluding diaryl/α,β-unsaturated/α-hetero) is 2. The van der Waals surface area contributed by atoms with E-state index in [0.29, 0.717) is 5.56 Å².